The molecule has 0 aliphatic heterocycles. The van der Waals surface area contributed by atoms with E-state index in [1.165, 1.54) is 0 Å². The molecule has 4 N–H and O–H groups in total. The third-order valence-electron chi connectivity index (χ3n) is 1.77. The van der Waals surface area contributed by atoms with Crippen molar-refractivity contribution in [1.82, 2.24) is 10.6 Å². The third-order valence-corrected chi connectivity index (χ3v) is 1.77. The van der Waals surface area contributed by atoms with Crippen molar-refractivity contribution in [3.05, 3.63) is 0 Å². The van der Waals surface area contributed by atoms with E-state index in [9.17, 15) is 9.59 Å². The minimum absolute atomic E-state index is 0.135. The van der Waals surface area contributed by atoms with Gasteiger partial charge in [-0.05, 0) is 6.42 Å². The lowest BCUT2D eigenvalue weighted by Crippen LogP contribution is -2.41. The Bertz CT molecular complexity index is 325. The van der Waals surface area contributed by atoms with Gasteiger partial charge in [-0.1, -0.05) is 11.8 Å². The molecular formula is C11H15N3O2. The second-order valence-corrected chi connectivity index (χ2v) is 3.05. The van der Waals surface area contributed by atoms with Gasteiger partial charge in [0, 0.05) is 6.42 Å². The summed E-state index contributed by atoms with van der Waals surface area (Å²) in [5, 5.41) is 4.91. The lowest BCUT2D eigenvalue weighted by Gasteiger charge is -2.10. The second kappa shape index (κ2) is 8.34. The van der Waals surface area contributed by atoms with Crippen LogP contribution in [0.4, 0.5) is 0 Å². The first-order chi connectivity index (χ1) is 7.61. The van der Waals surface area contributed by atoms with Gasteiger partial charge in [-0.25, -0.2) is 0 Å². The quantitative estimate of drug-likeness (QED) is 0.482. The molecule has 0 aromatic carbocycles. The second-order valence-electron chi connectivity index (χ2n) is 3.05. The molecule has 0 saturated carbocycles. The summed E-state index contributed by atoms with van der Waals surface area (Å²) in [5.74, 6) is 3.95. The van der Waals surface area contributed by atoms with Crippen LogP contribution in [0.3, 0.4) is 0 Å². The molecule has 0 aliphatic rings. The summed E-state index contributed by atoms with van der Waals surface area (Å²) >= 11 is 0. The van der Waals surface area contributed by atoms with Crippen LogP contribution in [-0.4, -0.2) is 30.9 Å². The number of hydrogen-bond acceptors (Lipinski definition) is 3. The highest BCUT2D eigenvalue weighted by Gasteiger charge is 2.13. The number of nitrogens with two attached hydrogens (primary N) is 1. The van der Waals surface area contributed by atoms with Crippen LogP contribution in [0.15, 0.2) is 0 Å². The van der Waals surface area contributed by atoms with E-state index in [0.29, 0.717) is 0 Å². The van der Waals surface area contributed by atoms with Gasteiger partial charge in [-0.3, -0.25) is 9.59 Å². The van der Waals surface area contributed by atoms with Crippen molar-refractivity contribution in [2.75, 3.05) is 13.1 Å². The molecule has 0 spiro atoms. The van der Waals surface area contributed by atoms with Crippen molar-refractivity contribution in [3.63, 3.8) is 0 Å². The highest BCUT2D eigenvalue weighted by atomic mass is 16.2. The zero-order valence-electron chi connectivity index (χ0n) is 8.95. The molecule has 0 heterocycles. The van der Waals surface area contributed by atoms with E-state index < -0.39 is 6.04 Å². The van der Waals surface area contributed by atoms with Crippen LogP contribution < -0.4 is 16.4 Å². The highest BCUT2D eigenvalue weighted by Crippen LogP contribution is 1.94. The van der Waals surface area contributed by atoms with Crippen molar-refractivity contribution >= 4 is 11.8 Å². The topological polar surface area (TPSA) is 84.2 Å². The molecule has 0 aromatic heterocycles. The van der Waals surface area contributed by atoms with Gasteiger partial charge in [0.15, 0.2) is 0 Å². The zero-order valence-corrected chi connectivity index (χ0v) is 8.95. The molecule has 5 nitrogen and oxygen atoms in total. The van der Waals surface area contributed by atoms with Crippen LogP contribution in [0, 0.1) is 24.7 Å². The van der Waals surface area contributed by atoms with Crippen molar-refractivity contribution in [2.24, 2.45) is 5.73 Å². The van der Waals surface area contributed by atoms with Gasteiger partial charge in [0.25, 0.3) is 0 Å². The van der Waals surface area contributed by atoms with Crippen molar-refractivity contribution in [2.45, 2.75) is 18.9 Å². The Balaban J connectivity index is 3.76. The Kier molecular flexibility index (Phi) is 7.31. The summed E-state index contributed by atoms with van der Waals surface area (Å²) in [7, 11) is 0. The van der Waals surface area contributed by atoms with Gasteiger partial charge in [-0.15, -0.1) is 12.8 Å². The number of hydrogen-bond donors (Lipinski definition) is 3. The predicted molar refractivity (Wildman–Crippen MR) is 60.9 cm³/mol. The largest absolute Gasteiger partial charge is 0.345 e. The van der Waals surface area contributed by atoms with E-state index >= 15 is 0 Å². The molecule has 5 heteroatoms. The molecule has 0 radical (unpaired) electrons. The van der Waals surface area contributed by atoms with E-state index in [1.54, 1.807) is 0 Å². The molecule has 0 bridgehead atoms. The molecule has 2 amide bonds. The first kappa shape index (κ1) is 14.0. The van der Waals surface area contributed by atoms with Gasteiger partial charge in [0.05, 0.1) is 19.1 Å². The fourth-order valence-electron chi connectivity index (χ4n) is 0.925. The van der Waals surface area contributed by atoms with Crippen LogP contribution in [0.25, 0.3) is 0 Å². The van der Waals surface area contributed by atoms with Gasteiger partial charge in [0.2, 0.25) is 11.8 Å². The Morgan fingerprint density at radius 2 is 1.75 bits per heavy atom. The monoisotopic (exact) mass is 221 g/mol. The third kappa shape index (κ3) is 6.47. The fraction of sp³-hybridized carbons (Fsp3) is 0.455. The summed E-state index contributed by atoms with van der Waals surface area (Å²) in [6, 6.07) is -0.732. The van der Waals surface area contributed by atoms with Gasteiger partial charge in [-0.2, -0.15) is 0 Å². The number of terminal acetylenes is 2. The van der Waals surface area contributed by atoms with E-state index in [2.05, 4.69) is 22.5 Å². The molecule has 0 saturated heterocycles. The van der Waals surface area contributed by atoms with E-state index in [1.807, 2.05) is 0 Å². The maximum atomic E-state index is 11.2. The normalized spacial score (nSPS) is 10.7. The Hall–Kier alpha value is -1.98. The Morgan fingerprint density at radius 3 is 2.31 bits per heavy atom. The molecule has 0 fully saturated rings. The average molecular weight is 221 g/mol. The molecule has 0 aromatic rings. The SMILES string of the molecule is C#CCNC(=O)CC[C@H](N)C(=O)NCC#C. The van der Waals surface area contributed by atoms with Crippen LogP contribution in [-0.2, 0) is 9.59 Å². The van der Waals surface area contributed by atoms with E-state index in [-0.39, 0.29) is 37.7 Å². The summed E-state index contributed by atoms with van der Waals surface area (Å²) in [4.78, 5) is 22.3. The predicted octanol–water partition coefficient (Wildman–Crippen LogP) is -1.41. The number of nitrogens with one attached hydrogen (secondary N) is 2. The summed E-state index contributed by atoms with van der Waals surface area (Å²) < 4.78 is 0. The van der Waals surface area contributed by atoms with Crippen LogP contribution >= 0.6 is 0 Å². The zero-order chi connectivity index (χ0) is 12.4. The molecule has 16 heavy (non-hydrogen) atoms. The molecule has 0 aliphatic carbocycles. The number of carbonyl (C=O) groups excluding carboxylic acids is 2. The average Bonchev–Trinajstić information content (AvgIpc) is 2.30. The first-order valence-electron chi connectivity index (χ1n) is 4.78. The number of amides is 2. The van der Waals surface area contributed by atoms with Crippen molar-refractivity contribution in [1.29, 1.82) is 0 Å². The molecular weight excluding hydrogens is 206 g/mol. The maximum absolute atomic E-state index is 11.2. The number of carbonyl (C=O) groups is 2. The minimum Gasteiger partial charge on any atom is -0.345 e. The smallest absolute Gasteiger partial charge is 0.237 e. The number of rotatable bonds is 6. The molecule has 0 rings (SSSR count). The van der Waals surface area contributed by atoms with Crippen molar-refractivity contribution in [3.8, 4) is 24.7 Å². The lowest BCUT2D eigenvalue weighted by atomic mass is 10.1. The maximum Gasteiger partial charge on any atom is 0.237 e. The Labute approximate surface area is 95.1 Å². The van der Waals surface area contributed by atoms with Crippen LogP contribution in [0.2, 0.25) is 0 Å². The van der Waals surface area contributed by atoms with Gasteiger partial charge in [0.1, 0.15) is 0 Å². The standard InChI is InChI=1S/C11H15N3O2/c1-3-7-13-10(15)6-5-9(12)11(16)14-8-4-2/h1-2,9H,5-8,12H2,(H,13,15)(H,14,16)/t9-/m0/s1. The van der Waals surface area contributed by atoms with E-state index in [4.69, 9.17) is 18.6 Å². The van der Waals surface area contributed by atoms with Gasteiger partial charge >= 0.3 is 0 Å². The van der Waals surface area contributed by atoms with Crippen LogP contribution in [0.5, 0.6) is 0 Å². The fourth-order valence-corrected chi connectivity index (χ4v) is 0.925. The molecule has 86 valence electrons. The molecule has 0 unspecified atom stereocenters. The van der Waals surface area contributed by atoms with Gasteiger partial charge < -0.3 is 16.4 Å². The molecule has 1 atom stereocenters. The van der Waals surface area contributed by atoms with Crippen molar-refractivity contribution < 1.29 is 9.59 Å². The lowest BCUT2D eigenvalue weighted by molar-refractivity contribution is -0.123. The van der Waals surface area contributed by atoms with Crippen LogP contribution in [0.1, 0.15) is 12.8 Å². The highest BCUT2D eigenvalue weighted by molar-refractivity contribution is 5.83. The van der Waals surface area contributed by atoms with E-state index in [0.717, 1.165) is 0 Å². The summed E-state index contributed by atoms with van der Waals surface area (Å²) in [5.41, 5.74) is 5.53. The minimum atomic E-state index is -0.732. The summed E-state index contributed by atoms with van der Waals surface area (Å²) in [6.07, 6.45) is 10.3. The first-order valence-corrected chi connectivity index (χ1v) is 4.78. The summed E-state index contributed by atoms with van der Waals surface area (Å²) in [6.45, 7) is 0.313. The Morgan fingerprint density at radius 1 is 1.19 bits per heavy atom.